The molecule has 0 aromatic rings. The fraction of sp³-hybridized carbons (Fsp3) is 0.769. The van der Waals surface area contributed by atoms with Crippen molar-refractivity contribution in [2.45, 2.75) is 20.8 Å². The molecule has 0 unspecified atom stereocenters. The molecule has 0 aromatic heterocycles. The van der Waals surface area contributed by atoms with E-state index in [0.29, 0.717) is 32.8 Å². The Balaban J connectivity index is 2.32. The van der Waals surface area contributed by atoms with Crippen molar-refractivity contribution >= 4 is 17.9 Å². The standard InChI is InChI=1S/C13H23N3O4/c1-4-20-13(19)16-7-5-15(6-8-16)11(17)9-14-12(18)10(2)3/h10H,4-9H2,1-3H3,(H,14,18). The Morgan fingerprint density at radius 2 is 1.65 bits per heavy atom. The molecule has 7 heteroatoms. The van der Waals surface area contributed by atoms with E-state index in [0.717, 1.165) is 0 Å². The lowest BCUT2D eigenvalue weighted by molar-refractivity contribution is -0.134. The average molecular weight is 285 g/mol. The molecule has 20 heavy (non-hydrogen) atoms. The number of carbonyl (C=O) groups excluding carboxylic acids is 3. The number of piperazine rings is 1. The molecule has 1 saturated heterocycles. The van der Waals surface area contributed by atoms with Crippen molar-refractivity contribution in [2.24, 2.45) is 5.92 Å². The lowest BCUT2D eigenvalue weighted by Crippen LogP contribution is -2.52. The van der Waals surface area contributed by atoms with E-state index >= 15 is 0 Å². The Bertz CT molecular complexity index is 363. The minimum atomic E-state index is -0.340. The van der Waals surface area contributed by atoms with Crippen LogP contribution in [0, 0.1) is 5.92 Å². The first-order valence-electron chi connectivity index (χ1n) is 6.92. The lowest BCUT2D eigenvalue weighted by Gasteiger charge is -2.34. The Morgan fingerprint density at radius 3 is 2.15 bits per heavy atom. The molecule has 3 amide bonds. The third-order valence-electron chi connectivity index (χ3n) is 3.10. The van der Waals surface area contributed by atoms with Gasteiger partial charge in [-0.2, -0.15) is 0 Å². The number of carbonyl (C=O) groups is 3. The molecule has 1 rings (SSSR count). The predicted molar refractivity (Wildman–Crippen MR) is 73.0 cm³/mol. The smallest absolute Gasteiger partial charge is 0.409 e. The summed E-state index contributed by atoms with van der Waals surface area (Å²) >= 11 is 0. The molecular formula is C13H23N3O4. The molecule has 0 bridgehead atoms. The third-order valence-corrected chi connectivity index (χ3v) is 3.10. The van der Waals surface area contributed by atoms with Gasteiger partial charge in [-0.3, -0.25) is 9.59 Å². The minimum absolute atomic E-state index is 0.0103. The first kappa shape index (κ1) is 16.3. The molecule has 114 valence electrons. The highest BCUT2D eigenvalue weighted by atomic mass is 16.6. The van der Waals surface area contributed by atoms with E-state index in [9.17, 15) is 14.4 Å². The summed E-state index contributed by atoms with van der Waals surface area (Å²) < 4.78 is 4.91. The molecule has 0 atom stereocenters. The molecule has 1 aliphatic heterocycles. The first-order chi connectivity index (χ1) is 9.45. The van der Waals surface area contributed by atoms with Gasteiger partial charge in [0.1, 0.15) is 0 Å². The molecule has 0 aromatic carbocycles. The van der Waals surface area contributed by atoms with Crippen LogP contribution in [0.3, 0.4) is 0 Å². The van der Waals surface area contributed by atoms with Crippen molar-refractivity contribution in [3.05, 3.63) is 0 Å². The Hall–Kier alpha value is -1.79. The Kier molecular flexibility index (Phi) is 6.27. The van der Waals surface area contributed by atoms with Crippen LogP contribution in [0.5, 0.6) is 0 Å². The van der Waals surface area contributed by atoms with Gasteiger partial charge in [-0.05, 0) is 6.92 Å². The molecule has 1 aliphatic rings. The van der Waals surface area contributed by atoms with Gasteiger partial charge in [0.2, 0.25) is 11.8 Å². The number of hydrogen-bond donors (Lipinski definition) is 1. The van der Waals surface area contributed by atoms with Crippen LogP contribution in [-0.2, 0) is 14.3 Å². The van der Waals surface area contributed by atoms with Crippen LogP contribution in [0.4, 0.5) is 4.79 Å². The van der Waals surface area contributed by atoms with Crippen LogP contribution < -0.4 is 5.32 Å². The van der Waals surface area contributed by atoms with E-state index in [-0.39, 0.29) is 30.4 Å². The molecule has 0 radical (unpaired) electrons. The molecule has 1 N–H and O–H groups in total. The fourth-order valence-electron chi connectivity index (χ4n) is 1.83. The minimum Gasteiger partial charge on any atom is -0.450 e. The second-order valence-electron chi connectivity index (χ2n) is 4.94. The Morgan fingerprint density at radius 1 is 1.10 bits per heavy atom. The van der Waals surface area contributed by atoms with Gasteiger partial charge in [0.05, 0.1) is 13.2 Å². The normalized spacial score (nSPS) is 15.2. The van der Waals surface area contributed by atoms with Gasteiger partial charge in [-0.15, -0.1) is 0 Å². The van der Waals surface area contributed by atoms with Gasteiger partial charge in [-0.1, -0.05) is 13.8 Å². The maximum atomic E-state index is 11.9. The van der Waals surface area contributed by atoms with Crippen LogP contribution in [-0.4, -0.2) is 67.0 Å². The summed E-state index contributed by atoms with van der Waals surface area (Å²) in [4.78, 5) is 38.0. The molecular weight excluding hydrogens is 262 g/mol. The van der Waals surface area contributed by atoms with Gasteiger partial charge >= 0.3 is 6.09 Å². The summed E-state index contributed by atoms with van der Waals surface area (Å²) in [5.41, 5.74) is 0. The highest BCUT2D eigenvalue weighted by molar-refractivity contribution is 5.85. The van der Waals surface area contributed by atoms with E-state index in [1.54, 1.807) is 30.6 Å². The monoisotopic (exact) mass is 285 g/mol. The zero-order valence-electron chi connectivity index (χ0n) is 12.3. The van der Waals surface area contributed by atoms with Crippen molar-refractivity contribution < 1.29 is 19.1 Å². The Labute approximate surface area is 119 Å². The van der Waals surface area contributed by atoms with Gasteiger partial charge in [-0.25, -0.2) is 4.79 Å². The summed E-state index contributed by atoms with van der Waals surface area (Å²) in [6.07, 6.45) is -0.340. The van der Waals surface area contributed by atoms with Crippen molar-refractivity contribution in [3.63, 3.8) is 0 Å². The maximum Gasteiger partial charge on any atom is 0.409 e. The van der Waals surface area contributed by atoms with Crippen molar-refractivity contribution in [1.29, 1.82) is 0 Å². The summed E-state index contributed by atoms with van der Waals surface area (Å²) in [6.45, 7) is 7.52. The maximum absolute atomic E-state index is 11.9. The van der Waals surface area contributed by atoms with Gasteiger partial charge < -0.3 is 19.9 Å². The number of amides is 3. The zero-order valence-corrected chi connectivity index (χ0v) is 12.3. The fourth-order valence-corrected chi connectivity index (χ4v) is 1.83. The molecule has 0 aliphatic carbocycles. The molecule has 7 nitrogen and oxygen atoms in total. The summed E-state index contributed by atoms with van der Waals surface area (Å²) in [6, 6.07) is 0. The summed E-state index contributed by atoms with van der Waals surface area (Å²) in [5, 5.41) is 2.60. The highest BCUT2D eigenvalue weighted by Crippen LogP contribution is 2.04. The molecule has 0 spiro atoms. The van der Waals surface area contributed by atoms with Crippen molar-refractivity contribution in [1.82, 2.24) is 15.1 Å². The molecule has 0 saturated carbocycles. The predicted octanol–water partition coefficient (Wildman–Crippen LogP) is 0.0593. The quantitative estimate of drug-likeness (QED) is 0.792. The largest absolute Gasteiger partial charge is 0.450 e. The SMILES string of the molecule is CCOC(=O)N1CCN(C(=O)CNC(=O)C(C)C)CC1. The van der Waals surface area contributed by atoms with E-state index in [1.165, 1.54) is 0 Å². The van der Waals surface area contributed by atoms with E-state index in [1.807, 2.05) is 0 Å². The van der Waals surface area contributed by atoms with Crippen LogP contribution in [0.15, 0.2) is 0 Å². The van der Waals surface area contributed by atoms with Crippen LogP contribution >= 0.6 is 0 Å². The second-order valence-corrected chi connectivity index (χ2v) is 4.94. The second kappa shape index (κ2) is 7.72. The van der Waals surface area contributed by atoms with Crippen LogP contribution in [0.2, 0.25) is 0 Å². The number of nitrogens with zero attached hydrogens (tertiary/aromatic N) is 2. The average Bonchev–Trinajstić information content (AvgIpc) is 2.44. The van der Waals surface area contributed by atoms with E-state index in [2.05, 4.69) is 5.32 Å². The van der Waals surface area contributed by atoms with Gasteiger partial charge in [0, 0.05) is 32.1 Å². The zero-order chi connectivity index (χ0) is 15.1. The highest BCUT2D eigenvalue weighted by Gasteiger charge is 2.24. The van der Waals surface area contributed by atoms with Crippen LogP contribution in [0.25, 0.3) is 0 Å². The summed E-state index contributed by atoms with van der Waals surface area (Å²) in [5.74, 6) is -0.394. The van der Waals surface area contributed by atoms with Gasteiger partial charge in [0.15, 0.2) is 0 Å². The topological polar surface area (TPSA) is 79.0 Å². The molecule has 1 fully saturated rings. The van der Waals surface area contributed by atoms with Crippen LogP contribution in [0.1, 0.15) is 20.8 Å². The molecule has 1 heterocycles. The number of ether oxygens (including phenoxy) is 1. The van der Waals surface area contributed by atoms with Gasteiger partial charge in [0.25, 0.3) is 0 Å². The summed E-state index contributed by atoms with van der Waals surface area (Å²) in [7, 11) is 0. The van der Waals surface area contributed by atoms with E-state index in [4.69, 9.17) is 4.74 Å². The lowest BCUT2D eigenvalue weighted by atomic mass is 10.2. The number of nitrogens with one attached hydrogen (secondary N) is 1. The van der Waals surface area contributed by atoms with E-state index < -0.39 is 0 Å². The number of hydrogen-bond acceptors (Lipinski definition) is 4. The number of rotatable bonds is 4. The van der Waals surface area contributed by atoms with Crippen molar-refractivity contribution in [2.75, 3.05) is 39.3 Å². The third kappa shape index (κ3) is 4.71. The van der Waals surface area contributed by atoms with Crippen molar-refractivity contribution in [3.8, 4) is 0 Å². The first-order valence-corrected chi connectivity index (χ1v) is 6.92.